The van der Waals surface area contributed by atoms with Gasteiger partial charge in [-0.1, -0.05) is 31.9 Å². The van der Waals surface area contributed by atoms with Crippen molar-refractivity contribution in [3.8, 4) is 5.75 Å². The van der Waals surface area contributed by atoms with Gasteiger partial charge in [0.25, 0.3) is 5.91 Å². The van der Waals surface area contributed by atoms with Gasteiger partial charge in [0.05, 0.1) is 28.7 Å². The second-order valence-corrected chi connectivity index (χ2v) is 12.4. The van der Waals surface area contributed by atoms with Crippen LogP contribution in [-0.4, -0.2) is 48.3 Å². The molecule has 2 amide bonds. The van der Waals surface area contributed by atoms with Gasteiger partial charge < -0.3 is 20.3 Å². The number of ether oxygens (including phenoxy) is 1. The molecular weight excluding hydrogens is 595 g/mol. The number of carbonyl (C=O) groups is 3. The van der Waals surface area contributed by atoms with Crippen LogP contribution in [0.1, 0.15) is 32.6 Å². The molecule has 1 saturated heterocycles. The molecule has 226 valence electrons. The highest BCUT2D eigenvalue weighted by Crippen LogP contribution is 2.33. The van der Waals surface area contributed by atoms with Crippen LogP contribution in [-0.2, 0) is 14.4 Å². The molecule has 1 aromatic heterocycles. The van der Waals surface area contributed by atoms with Crippen LogP contribution < -0.4 is 20.3 Å². The van der Waals surface area contributed by atoms with Crippen LogP contribution in [0.15, 0.2) is 93.4 Å². The Morgan fingerprint density at radius 2 is 1.86 bits per heavy atom. The lowest BCUT2D eigenvalue weighted by Crippen LogP contribution is -2.44. The van der Waals surface area contributed by atoms with Gasteiger partial charge in [0.15, 0.2) is 4.34 Å². The summed E-state index contributed by atoms with van der Waals surface area (Å²) in [5.41, 5.74) is 9.72. The number of para-hydroxylation sites is 1. The largest absolute Gasteiger partial charge is 0.497 e. The number of fused-ring (bicyclic) bond motifs is 1. The Kier molecular flexibility index (Phi) is 10.1. The Labute approximate surface area is 264 Å². The van der Waals surface area contributed by atoms with Gasteiger partial charge in [0.1, 0.15) is 11.5 Å². The van der Waals surface area contributed by atoms with Crippen LogP contribution in [0, 0.1) is 0 Å². The first-order valence-corrected chi connectivity index (χ1v) is 16.0. The summed E-state index contributed by atoms with van der Waals surface area (Å²) in [5.74, 6) is 0.285. The van der Waals surface area contributed by atoms with Gasteiger partial charge in [-0.25, -0.2) is 9.98 Å². The third-order valence-electron chi connectivity index (χ3n) is 7.25. The summed E-state index contributed by atoms with van der Waals surface area (Å²) in [7, 11) is 1.57. The van der Waals surface area contributed by atoms with Gasteiger partial charge in [0, 0.05) is 30.0 Å². The number of thiazole rings is 1. The lowest BCUT2D eigenvalue weighted by molar-refractivity contribution is -0.112. The van der Waals surface area contributed by atoms with Crippen LogP contribution in [0.5, 0.6) is 5.75 Å². The third kappa shape index (κ3) is 7.00. The van der Waals surface area contributed by atoms with E-state index in [4.69, 9.17) is 10.5 Å². The Morgan fingerprint density at radius 1 is 1.11 bits per heavy atom. The van der Waals surface area contributed by atoms with Gasteiger partial charge in [-0.2, -0.15) is 0 Å². The fourth-order valence-corrected chi connectivity index (χ4v) is 6.76. The molecule has 2 N–H and O–H groups in total. The van der Waals surface area contributed by atoms with Crippen molar-refractivity contribution in [2.75, 3.05) is 30.0 Å². The number of aromatic nitrogens is 1. The highest BCUT2D eigenvalue weighted by atomic mass is 32.2. The number of rotatable bonds is 11. The van der Waals surface area contributed by atoms with E-state index >= 15 is 0 Å². The summed E-state index contributed by atoms with van der Waals surface area (Å²) >= 11 is 2.37. The number of piperidine rings is 1. The van der Waals surface area contributed by atoms with Gasteiger partial charge >= 0.3 is 0 Å². The van der Waals surface area contributed by atoms with Gasteiger partial charge in [-0.3, -0.25) is 14.4 Å². The standard InChI is InChI=1S/C33H33N5O4S2/c1-3-4-7-19-37(21-39)23-12-14-24(15-13-23)38-20-18-26(30(31(38)40)35-22-10-16-25(42-2)17-11-22)29(34)32(41)44-33-36-27-8-5-6-9-28(27)43-33/h5-6,8-17,21H,3-4,7,18-20,34H2,1-2H3. The molecule has 1 aliphatic rings. The number of unbranched alkanes of at least 4 members (excludes halogenated alkanes) is 2. The Morgan fingerprint density at radius 3 is 2.55 bits per heavy atom. The lowest BCUT2D eigenvalue weighted by Gasteiger charge is -2.30. The molecule has 0 atom stereocenters. The number of aliphatic imine (C=N–C) groups is 1. The molecule has 11 heteroatoms. The van der Waals surface area contributed by atoms with Crippen molar-refractivity contribution >= 4 is 73.5 Å². The van der Waals surface area contributed by atoms with E-state index in [0.717, 1.165) is 53.3 Å². The first-order chi connectivity index (χ1) is 21.4. The van der Waals surface area contributed by atoms with Gasteiger partial charge in [-0.15, -0.1) is 11.3 Å². The highest BCUT2D eigenvalue weighted by Gasteiger charge is 2.33. The van der Waals surface area contributed by atoms with Crippen molar-refractivity contribution in [1.82, 2.24) is 4.98 Å². The maximum atomic E-state index is 14.0. The first-order valence-electron chi connectivity index (χ1n) is 14.3. The number of anilines is 2. The van der Waals surface area contributed by atoms with Crippen LogP contribution in [0.3, 0.4) is 0 Å². The number of hydrogen-bond acceptors (Lipinski definition) is 9. The molecule has 44 heavy (non-hydrogen) atoms. The molecule has 0 unspecified atom stereocenters. The number of benzene rings is 3. The Bertz CT molecular complexity index is 1680. The summed E-state index contributed by atoms with van der Waals surface area (Å²) in [6.07, 6.45) is 4.19. The predicted molar refractivity (Wildman–Crippen MR) is 178 cm³/mol. The average Bonchev–Trinajstić information content (AvgIpc) is 3.46. The number of thioether (sulfide) groups is 1. The van der Waals surface area contributed by atoms with Crippen molar-refractivity contribution < 1.29 is 19.1 Å². The zero-order valence-electron chi connectivity index (χ0n) is 24.6. The number of amides is 2. The molecule has 0 aliphatic carbocycles. The van der Waals surface area contributed by atoms with E-state index in [2.05, 4.69) is 16.9 Å². The summed E-state index contributed by atoms with van der Waals surface area (Å²) in [5, 5.41) is -0.385. The SMILES string of the molecule is CCCCCN(C=O)c1ccc(N2CCC(=C(N)C(=O)Sc3nc4ccccc4s3)C(=Nc3ccc(OC)cc3)C2=O)cc1. The summed E-state index contributed by atoms with van der Waals surface area (Å²) in [4.78, 5) is 51.6. The maximum Gasteiger partial charge on any atom is 0.277 e. The average molecular weight is 628 g/mol. The first kappa shape index (κ1) is 31.0. The lowest BCUT2D eigenvalue weighted by atomic mass is 9.98. The van der Waals surface area contributed by atoms with E-state index in [1.54, 1.807) is 41.2 Å². The number of nitrogens with two attached hydrogens (primary N) is 1. The van der Waals surface area contributed by atoms with Crippen LogP contribution in [0.2, 0.25) is 0 Å². The zero-order valence-corrected chi connectivity index (χ0v) is 26.2. The molecule has 1 fully saturated rings. The van der Waals surface area contributed by atoms with Crippen molar-refractivity contribution in [3.05, 3.63) is 84.1 Å². The van der Waals surface area contributed by atoms with E-state index in [0.29, 0.717) is 46.5 Å². The zero-order chi connectivity index (χ0) is 31.1. The smallest absolute Gasteiger partial charge is 0.277 e. The minimum atomic E-state index is -0.385. The Balaban J connectivity index is 1.44. The van der Waals surface area contributed by atoms with Crippen molar-refractivity contribution in [2.24, 2.45) is 10.7 Å². The van der Waals surface area contributed by atoms with E-state index in [9.17, 15) is 14.4 Å². The quantitative estimate of drug-likeness (QED) is 0.0873. The summed E-state index contributed by atoms with van der Waals surface area (Å²) < 4.78 is 6.81. The highest BCUT2D eigenvalue weighted by molar-refractivity contribution is 8.15. The molecular formula is C33H33N5O4S2. The molecule has 5 rings (SSSR count). The second kappa shape index (κ2) is 14.3. The molecule has 9 nitrogen and oxygen atoms in total. The molecule has 0 radical (unpaired) electrons. The molecule has 3 aromatic carbocycles. The Hall–Kier alpha value is -4.48. The summed E-state index contributed by atoms with van der Waals surface area (Å²) in [6, 6.07) is 22.0. The molecule has 1 aliphatic heterocycles. The second-order valence-electron chi connectivity index (χ2n) is 10.1. The fourth-order valence-electron chi connectivity index (χ4n) is 4.86. The molecule has 2 heterocycles. The predicted octanol–water partition coefficient (Wildman–Crippen LogP) is 6.50. The maximum absolute atomic E-state index is 14.0. The molecule has 4 aromatic rings. The minimum absolute atomic E-state index is 0.0152. The van der Waals surface area contributed by atoms with E-state index in [1.807, 2.05) is 48.5 Å². The number of nitrogens with zero attached hydrogens (tertiary/aromatic N) is 4. The topological polar surface area (TPSA) is 118 Å². The van der Waals surface area contributed by atoms with E-state index < -0.39 is 0 Å². The normalized spacial score (nSPS) is 15.5. The minimum Gasteiger partial charge on any atom is -0.497 e. The summed E-state index contributed by atoms with van der Waals surface area (Å²) in [6.45, 7) is 3.06. The van der Waals surface area contributed by atoms with Crippen molar-refractivity contribution in [1.29, 1.82) is 0 Å². The van der Waals surface area contributed by atoms with Crippen LogP contribution >= 0.6 is 23.1 Å². The van der Waals surface area contributed by atoms with E-state index in [-0.39, 0.29) is 22.4 Å². The molecule has 0 bridgehead atoms. The van der Waals surface area contributed by atoms with Gasteiger partial charge in [-0.05, 0) is 85.3 Å². The fraction of sp³-hybridized carbons (Fsp3) is 0.242. The number of carbonyl (C=O) groups excluding carboxylic acids is 3. The number of hydrogen-bond donors (Lipinski definition) is 1. The third-order valence-corrected chi connectivity index (χ3v) is 9.26. The van der Waals surface area contributed by atoms with Gasteiger partial charge in [0.2, 0.25) is 11.5 Å². The van der Waals surface area contributed by atoms with Crippen molar-refractivity contribution in [2.45, 2.75) is 36.9 Å². The van der Waals surface area contributed by atoms with Crippen LogP contribution in [0.25, 0.3) is 10.2 Å². The van der Waals surface area contributed by atoms with Crippen LogP contribution in [0.4, 0.5) is 17.1 Å². The monoisotopic (exact) mass is 627 g/mol. The number of methoxy groups -OCH3 is 1. The molecule has 0 spiro atoms. The van der Waals surface area contributed by atoms with E-state index in [1.165, 1.54) is 11.3 Å². The van der Waals surface area contributed by atoms with Crippen molar-refractivity contribution in [3.63, 3.8) is 0 Å². The molecule has 0 saturated carbocycles.